The SMILES string of the molecule is CC[C@@H](CNc1ncc(C(F)(F)F)cn1)N(C)C(=O)c1c(F)cccc1-n1nccn1. The molecule has 3 aromatic rings. The highest BCUT2D eigenvalue weighted by molar-refractivity contribution is 5.98. The van der Waals surface area contributed by atoms with Crippen LogP contribution in [-0.4, -0.2) is 55.4 Å². The fourth-order valence-electron chi connectivity index (χ4n) is 2.90. The lowest BCUT2D eigenvalue weighted by Gasteiger charge is -2.28. The third-order valence-electron chi connectivity index (χ3n) is 4.65. The minimum absolute atomic E-state index is 0.0142. The molecule has 8 nitrogen and oxygen atoms in total. The van der Waals surface area contributed by atoms with Crippen LogP contribution in [0.4, 0.5) is 23.5 Å². The second-order valence-electron chi connectivity index (χ2n) is 6.60. The van der Waals surface area contributed by atoms with E-state index in [1.54, 1.807) is 0 Å². The van der Waals surface area contributed by atoms with Gasteiger partial charge in [0.05, 0.1) is 18.0 Å². The molecular weight excluding hydrogens is 418 g/mol. The molecule has 12 heteroatoms. The average Bonchev–Trinajstić information content (AvgIpc) is 3.28. The van der Waals surface area contributed by atoms with E-state index in [0.29, 0.717) is 18.8 Å². The van der Waals surface area contributed by atoms with E-state index in [1.807, 2.05) is 6.92 Å². The van der Waals surface area contributed by atoms with Crippen molar-refractivity contribution in [3.05, 3.63) is 59.9 Å². The van der Waals surface area contributed by atoms with Crippen LogP contribution in [-0.2, 0) is 6.18 Å². The van der Waals surface area contributed by atoms with Crippen molar-refractivity contribution in [3.63, 3.8) is 0 Å². The first-order chi connectivity index (χ1) is 14.7. The number of carbonyl (C=O) groups excluding carboxylic acids is 1. The molecule has 0 aliphatic rings. The number of likely N-dealkylation sites (N-methyl/N-ethyl adjacent to an activating group) is 1. The van der Waals surface area contributed by atoms with E-state index in [1.165, 1.54) is 42.5 Å². The van der Waals surface area contributed by atoms with Gasteiger partial charge in [-0.15, -0.1) is 0 Å². The maximum atomic E-state index is 14.6. The lowest BCUT2D eigenvalue weighted by Crippen LogP contribution is -2.42. The summed E-state index contributed by atoms with van der Waals surface area (Å²) < 4.78 is 52.4. The number of benzene rings is 1. The van der Waals surface area contributed by atoms with Gasteiger partial charge in [-0.1, -0.05) is 13.0 Å². The molecule has 0 spiro atoms. The van der Waals surface area contributed by atoms with Crippen LogP contribution in [0.15, 0.2) is 43.0 Å². The molecule has 0 aliphatic carbocycles. The lowest BCUT2D eigenvalue weighted by atomic mass is 10.1. The first-order valence-corrected chi connectivity index (χ1v) is 9.27. The molecule has 1 aromatic carbocycles. The smallest absolute Gasteiger partial charge is 0.352 e. The van der Waals surface area contributed by atoms with Gasteiger partial charge in [-0.2, -0.15) is 28.2 Å². The highest BCUT2D eigenvalue weighted by atomic mass is 19.4. The summed E-state index contributed by atoms with van der Waals surface area (Å²) in [5.74, 6) is -1.33. The Morgan fingerprint density at radius 1 is 1.19 bits per heavy atom. The van der Waals surface area contributed by atoms with Crippen molar-refractivity contribution in [2.45, 2.75) is 25.6 Å². The number of nitrogens with one attached hydrogen (secondary N) is 1. The van der Waals surface area contributed by atoms with Crippen molar-refractivity contribution in [3.8, 4) is 5.69 Å². The number of rotatable bonds is 7. The molecule has 0 saturated carbocycles. The summed E-state index contributed by atoms with van der Waals surface area (Å²) in [5.41, 5.74) is -0.960. The summed E-state index contributed by atoms with van der Waals surface area (Å²) in [6.07, 6.45) is 0.122. The number of halogens is 4. The molecule has 0 unspecified atom stereocenters. The Balaban J connectivity index is 1.75. The minimum atomic E-state index is -4.53. The van der Waals surface area contributed by atoms with Crippen molar-refractivity contribution < 1.29 is 22.4 Å². The summed E-state index contributed by atoms with van der Waals surface area (Å²) in [6, 6.07) is 3.73. The monoisotopic (exact) mass is 437 g/mol. The molecule has 2 aromatic heterocycles. The molecule has 0 radical (unpaired) electrons. The van der Waals surface area contributed by atoms with Crippen LogP contribution in [0.3, 0.4) is 0 Å². The van der Waals surface area contributed by atoms with Crippen LogP contribution in [0, 0.1) is 5.82 Å². The second kappa shape index (κ2) is 9.06. The molecule has 31 heavy (non-hydrogen) atoms. The van der Waals surface area contributed by atoms with E-state index in [2.05, 4.69) is 25.5 Å². The molecule has 1 amide bonds. The van der Waals surface area contributed by atoms with Gasteiger partial charge >= 0.3 is 6.18 Å². The zero-order chi connectivity index (χ0) is 22.6. The van der Waals surface area contributed by atoms with Crippen LogP contribution < -0.4 is 5.32 Å². The van der Waals surface area contributed by atoms with Crippen molar-refractivity contribution in [1.82, 2.24) is 29.9 Å². The average molecular weight is 437 g/mol. The summed E-state index contributed by atoms with van der Waals surface area (Å²) in [7, 11) is 1.51. The van der Waals surface area contributed by atoms with Crippen molar-refractivity contribution in [2.75, 3.05) is 18.9 Å². The number of hydrogen-bond donors (Lipinski definition) is 1. The topological polar surface area (TPSA) is 88.8 Å². The van der Waals surface area contributed by atoms with E-state index < -0.39 is 29.5 Å². The lowest BCUT2D eigenvalue weighted by molar-refractivity contribution is -0.138. The fourth-order valence-corrected chi connectivity index (χ4v) is 2.90. The number of anilines is 1. The summed E-state index contributed by atoms with van der Waals surface area (Å²) in [6.45, 7) is 1.97. The minimum Gasteiger partial charge on any atom is -0.352 e. The maximum absolute atomic E-state index is 14.6. The van der Waals surface area contributed by atoms with E-state index in [4.69, 9.17) is 0 Å². The summed E-state index contributed by atoms with van der Waals surface area (Å²) in [5, 5.41) is 10.7. The molecule has 3 rings (SSSR count). The van der Waals surface area contributed by atoms with Crippen molar-refractivity contribution >= 4 is 11.9 Å². The number of aromatic nitrogens is 5. The maximum Gasteiger partial charge on any atom is 0.419 e. The Morgan fingerprint density at radius 2 is 1.84 bits per heavy atom. The van der Waals surface area contributed by atoms with Crippen LogP contribution >= 0.6 is 0 Å². The predicted molar refractivity (Wildman–Crippen MR) is 103 cm³/mol. The number of alkyl halides is 3. The van der Waals surface area contributed by atoms with Gasteiger partial charge in [-0.25, -0.2) is 14.4 Å². The molecule has 0 aliphatic heterocycles. The molecule has 0 saturated heterocycles. The van der Waals surface area contributed by atoms with Gasteiger partial charge in [0.2, 0.25) is 5.95 Å². The number of nitrogens with zero attached hydrogens (tertiary/aromatic N) is 6. The van der Waals surface area contributed by atoms with Crippen molar-refractivity contribution in [1.29, 1.82) is 0 Å². The standard InChI is InChI=1S/C19H19F4N7O/c1-3-13(11-26-18-24-9-12(10-25-18)19(21,22)23)29(2)17(31)16-14(20)5-4-6-15(16)30-27-7-8-28-30/h4-10,13H,3,11H2,1-2H3,(H,24,25,26)/t13-/m0/s1. The first-order valence-electron chi connectivity index (χ1n) is 9.27. The Hall–Kier alpha value is -3.57. The molecule has 2 heterocycles. The Kier molecular flexibility index (Phi) is 6.47. The van der Waals surface area contributed by atoms with Crippen molar-refractivity contribution in [2.24, 2.45) is 0 Å². The van der Waals surface area contributed by atoms with Crippen LogP contribution in [0.1, 0.15) is 29.3 Å². The normalized spacial score (nSPS) is 12.5. The largest absolute Gasteiger partial charge is 0.419 e. The number of carbonyl (C=O) groups is 1. The van der Waals surface area contributed by atoms with E-state index in [-0.39, 0.29) is 23.7 Å². The Morgan fingerprint density at radius 3 is 2.42 bits per heavy atom. The summed E-state index contributed by atoms with van der Waals surface area (Å²) in [4.78, 5) is 22.9. The number of amides is 1. The van der Waals surface area contributed by atoms with Crippen LogP contribution in [0.2, 0.25) is 0 Å². The predicted octanol–water partition coefficient (Wildman–Crippen LogP) is 3.18. The molecule has 164 valence electrons. The highest BCUT2D eigenvalue weighted by Gasteiger charge is 2.31. The molecular formula is C19H19F4N7O. The van der Waals surface area contributed by atoms with Gasteiger partial charge in [0.25, 0.3) is 5.91 Å². The highest BCUT2D eigenvalue weighted by Crippen LogP contribution is 2.28. The molecule has 1 atom stereocenters. The zero-order valence-corrected chi connectivity index (χ0v) is 16.6. The van der Waals surface area contributed by atoms with Gasteiger partial charge in [0.15, 0.2) is 0 Å². The first kappa shape index (κ1) is 22.1. The van der Waals surface area contributed by atoms with Gasteiger partial charge < -0.3 is 10.2 Å². The number of hydrogen-bond acceptors (Lipinski definition) is 6. The van der Waals surface area contributed by atoms with Crippen LogP contribution in [0.25, 0.3) is 5.69 Å². The van der Waals surface area contributed by atoms with E-state index >= 15 is 0 Å². The third-order valence-corrected chi connectivity index (χ3v) is 4.65. The molecule has 0 fully saturated rings. The van der Waals surface area contributed by atoms with E-state index in [9.17, 15) is 22.4 Å². The van der Waals surface area contributed by atoms with Crippen LogP contribution in [0.5, 0.6) is 0 Å². The molecule has 1 N–H and O–H groups in total. The van der Waals surface area contributed by atoms with Gasteiger partial charge in [-0.05, 0) is 18.6 Å². The quantitative estimate of drug-likeness (QED) is 0.572. The zero-order valence-electron chi connectivity index (χ0n) is 16.6. The Bertz CT molecular complexity index is 1020. The van der Waals surface area contributed by atoms with Gasteiger partial charge in [0.1, 0.15) is 17.1 Å². The van der Waals surface area contributed by atoms with E-state index in [0.717, 1.165) is 4.80 Å². The van der Waals surface area contributed by atoms with Gasteiger partial charge in [-0.3, -0.25) is 4.79 Å². The fraction of sp³-hybridized carbons (Fsp3) is 0.316. The van der Waals surface area contributed by atoms with Gasteiger partial charge in [0, 0.05) is 32.0 Å². The summed E-state index contributed by atoms with van der Waals surface area (Å²) >= 11 is 0. The Labute approximate surface area is 174 Å². The molecule has 0 bridgehead atoms. The second-order valence-corrected chi connectivity index (χ2v) is 6.60. The third kappa shape index (κ3) is 4.95.